The van der Waals surface area contributed by atoms with Crippen LogP contribution in [-0.4, -0.2) is 5.78 Å². The molecule has 1 heterocycles. The quantitative estimate of drug-likeness (QED) is 0.812. The van der Waals surface area contributed by atoms with Gasteiger partial charge in [-0.3, -0.25) is 4.79 Å². The number of halogens is 1. The van der Waals surface area contributed by atoms with Gasteiger partial charge in [0.2, 0.25) is 0 Å². The molecule has 1 aliphatic heterocycles. The maximum absolute atomic E-state index is 12.0. The second-order valence-corrected chi connectivity index (χ2v) is 5.40. The monoisotopic (exact) mass is 286 g/mol. The van der Waals surface area contributed by atoms with Crippen molar-refractivity contribution in [3.05, 3.63) is 70.7 Å². The van der Waals surface area contributed by atoms with Crippen LogP contribution in [0.25, 0.3) is 0 Å². The van der Waals surface area contributed by atoms with Gasteiger partial charge in [-0.2, -0.15) is 0 Å². The average Bonchev–Trinajstić information content (AvgIpc) is 2.48. The molecule has 1 saturated heterocycles. The Balaban J connectivity index is 1.87. The van der Waals surface area contributed by atoms with Crippen molar-refractivity contribution in [2.75, 3.05) is 0 Å². The Morgan fingerprint density at radius 2 is 1.55 bits per heavy atom. The van der Waals surface area contributed by atoms with Crippen LogP contribution in [0.2, 0.25) is 5.02 Å². The lowest BCUT2D eigenvalue weighted by Crippen LogP contribution is -2.23. The van der Waals surface area contributed by atoms with Gasteiger partial charge in [-0.1, -0.05) is 60.1 Å². The summed E-state index contributed by atoms with van der Waals surface area (Å²) in [5.41, 5.74) is 1.93. The van der Waals surface area contributed by atoms with Gasteiger partial charge >= 0.3 is 0 Å². The van der Waals surface area contributed by atoms with E-state index in [-0.39, 0.29) is 18.0 Å². The van der Waals surface area contributed by atoms with Crippen molar-refractivity contribution in [2.24, 2.45) is 0 Å². The molecule has 2 aromatic rings. The molecule has 20 heavy (non-hydrogen) atoms. The average molecular weight is 287 g/mol. The highest BCUT2D eigenvalue weighted by molar-refractivity contribution is 6.31. The molecule has 0 unspecified atom stereocenters. The summed E-state index contributed by atoms with van der Waals surface area (Å²) in [5, 5.41) is 0.652. The van der Waals surface area contributed by atoms with Crippen molar-refractivity contribution in [3.8, 4) is 0 Å². The minimum atomic E-state index is -0.254. The molecule has 0 amide bonds. The van der Waals surface area contributed by atoms with Crippen LogP contribution in [0.3, 0.4) is 0 Å². The van der Waals surface area contributed by atoms with Crippen LogP contribution in [-0.2, 0) is 9.53 Å². The van der Waals surface area contributed by atoms with Crippen LogP contribution in [0.1, 0.15) is 36.2 Å². The predicted octanol–water partition coefficient (Wildman–Crippen LogP) is 4.50. The van der Waals surface area contributed by atoms with Gasteiger partial charge in [0, 0.05) is 17.9 Å². The number of rotatable bonds is 2. The molecule has 1 aliphatic rings. The summed E-state index contributed by atoms with van der Waals surface area (Å²) in [5.74, 6) is 0.218. The smallest absolute Gasteiger partial charge is 0.138 e. The van der Waals surface area contributed by atoms with Gasteiger partial charge < -0.3 is 4.74 Å². The Kier molecular flexibility index (Phi) is 3.86. The first-order valence-electron chi connectivity index (χ1n) is 6.70. The SMILES string of the molecule is O=C1C[C@@H](c2ccccc2)O[C@@H](c2ccccc2Cl)C1. The largest absolute Gasteiger partial charge is 0.365 e. The summed E-state index contributed by atoms with van der Waals surface area (Å²) < 4.78 is 6.10. The van der Waals surface area contributed by atoms with Crippen LogP contribution in [0.5, 0.6) is 0 Å². The fraction of sp³-hybridized carbons (Fsp3) is 0.235. The van der Waals surface area contributed by atoms with E-state index in [1.165, 1.54) is 0 Å². The van der Waals surface area contributed by atoms with Crippen molar-refractivity contribution in [1.82, 2.24) is 0 Å². The van der Waals surface area contributed by atoms with Gasteiger partial charge in [-0.05, 0) is 17.2 Å². The molecular formula is C17H15ClO2. The fourth-order valence-corrected chi connectivity index (χ4v) is 2.83. The van der Waals surface area contributed by atoms with Gasteiger partial charge in [0.15, 0.2) is 0 Å². The molecule has 102 valence electrons. The first kappa shape index (κ1) is 13.3. The molecule has 0 spiro atoms. The highest BCUT2D eigenvalue weighted by Crippen LogP contribution is 2.38. The minimum Gasteiger partial charge on any atom is -0.365 e. The summed E-state index contributed by atoms with van der Waals surface area (Å²) in [6, 6.07) is 17.4. The molecule has 0 saturated carbocycles. The van der Waals surface area contributed by atoms with Gasteiger partial charge in [0.1, 0.15) is 5.78 Å². The predicted molar refractivity (Wildman–Crippen MR) is 78.7 cm³/mol. The maximum Gasteiger partial charge on any atom is 0.138 e. The van der Waals surface area contributed by atoms with E-state index in [0.717, 1.165) is 11.1 Å². The topological polar surface area (TPSA) is 26.3 Å². The summed E-state index contributed by atoms with van der Waals surface area (Å²) in [6.07, 6.45) is 0.395. The van der Waals surface area contributed by atoms with Gasteiger partial charge in [0.05, 0.1) is 12.2 Å². The second kappa shape index (κ2) is 5.78. The molecule has 2 nitrogen and oxygen atoms in total. The van der Waals surface area contributed by atoms with E-state index in [9.17, 15) is 4.79 Å². The molecule has 2 atom stereocenters. The van der Waals surface area contributed by atoms with Crippen molar-refractivity contribution in [3.63, 3.8) is 0 Å². The molecule has 3 heteroatoms. The number of Topliss-reactive ketones (excluding diaryl/α,β-unsaturated/α-hetero) is 1. The Bertz CT molecular complexity index is 609. The number of hydrogen-bond acceptors (Lipinski definition) is 2. The lowest BCUT2D eigenvalue weighted by Gasteiger charge is -2.30. The van der Waals surface area contributed by atoms with Crippen LogP contribution in [0.15, 0.2) is 54.6 Å². The number of benzene rings is 2. The number of hydrogen-bond donors (Lipinski definition) is 0. The van der Waals surface area contributed by atoms with Crippen LogP contribution >= 0.6 is 11.6 Å². The third-order valence-electron chi connectivity index (χ3n) is 3.58. The van der Waals surface area contributed by atoms with Crippen molar-refractivity contribution >= 4 is 17.4 Å². The van der Waals surface area contributed by atoms with E-state index in [1.54, 1.807) is 0 Å². The normalized spacial score (nSPS) is 22.8. The van der Waals surface area contributed by atoms with Crippen molar-refractivity contribution in [1.29, 1.82) is 0 Å². The first-order chi connectivity index (χ1) is 9.74. The fourth-order valence-electron chi connectivity index (χ4n) is 2.57. The minimum absolute atomic E-state index is 0.182. The lowest BCUT2D eigenvalue weighted by atomic mass is 9.94. The third-order valence-corrected chi connectivity index (χ3v) is 3.92. The Hall–Kier alpha value is -1.64. The molecule has 2 aromatic carbocycles. The highest BCUT2D eigenvalue weighted by atomic mass is 35.5. The zero-order chi connectivity index (χ0) is 13.9. The summed E-state index contributed by atoms with van der Waals surface area (Å²) in [6.45, 7) is 0. The molecule has 3 rings (SSSR count). The highest BCUT2D eigenvalue weighted by Gasteiger charge is 2.30. The molecule has 0 aromatic heterocycles. The molecule has 1 fully saturated rings. The van der Waals surface area contributed by atoms with Crippen molar-refractivity contribution in [2.45, 2.75) is 25.0 Å². The van der Waals surface area contributed by atoms with E-state index in [2.05, 4.69) is 0 Å². The summed E-state index contributed by atoms with van der Waals surface area (Å²) >= 11 is 6.21. The summed E-state index contributed by atoms with van der Waals surface area (Å²) in [7, 11) is 0. The van der Waals surface area contributed by atoms with Gasteiger partial charge in [0.25, 0.3) is 0 Å². The van der Waals surface area contributed by atoms with Crippen molar-refractivity contribution < 1.29 is 9.53 Å². The zero-order valence-corrected chi connectivity index (χ0v) is 11.7. The van der Waals surface area contributed by atoms with E-state index in [1.807, 2.05) is 54.6 Å². The van der Waals surface area contributed by atoms with Crippen LogP contribution in [0, 0.1) is 0 Å². The number of ether oxygens (including phenoxy) is 1. The number of carbonyl (C=O) groups excluding carboxylic acids is 1. The zero-order valence-electron chi connectivity index (χ0n) is 11.0. The van der Waals surface area contributed by atoms with E-state index in [4.69, 9.17) is 16.3 Å². The second-order valence-electron chi connectivity index (χ2n) is 4.99. The van der Waals surface area contributed by atoms with E-state index < -0.39 is 0 Å². The Labute approximate surface area is 123 Å². The first-order valence-corrected chi connectivity index (χ1v) is 7.08. The third kappa shape index (κ3) is 2.77. The van der Waals surface area contributed by atoms with Gasteiger partial charge in [-0.25, -0.2) is 0 Å². The maximum atomic E-state index is 12.0. The van der Waals surface area contributed by atoms with Crippen LogP contribution < -0.4 is 0 Å². The van der Waals surface area contributed by atoms with E-state index in [0.29, 0.717) is 17.9 Å². The number of ketones is 1. The lowest BCUT2D eigenvalue weighted by molar-refractivity contribution is -0.136. The summed E-state index contributed by atoms with van der Waals surface area (Å²) in [4.78, 5) is 12.0. The van der Waals surface area contributed by atoms with Crippen LogP contribution in [0.4, 0.5) is 0 Å². The molecular weight excluding hydrogens is 272 g/mol. The number of carbonyl (C=O) groups is 1. The molecule has 0 bridgehead atoms. The Morgan fingerprint density at radius 1 is 0.900 bits per heavy atom. The molecule has 0 aliphatic carbocycles. The van der Waals surface area contributed by atoms with Gasteiger partial charge in [-0.15, -0.1) is 0 Å². The Morgan fingerprint density at radius 3 is 2.30 bits per heavy atom. The standard InChI is InChI=1S/C17H15ClO2/c18-15-9-5-4-8-14(15)17-11-13(19)10-16(20-17)12-6-2-1-3-7-12/h1-9,16-17H,10-11H2/t16-,17+/m0/s1. The molecule has 0 N–H and O–H groups in total. The van der Waals surface area contributed by atoms with E-state index >= 15 is 0 Å². The molecule has 0 radical (unpaired) electrons.